The number of hydrogen-bond donors (Lipinski definition) is 2. The number of nitrogens with zero attached hydrogens (tertiary/aromatic N) is 2. The molecule has 0 radical (unpaired) electrons. The molecule has 1 aliphatic heterocycles. The predicted molar refractivity (Wildman–Crippen MR) is 113 cm³/mol. The van der Waals surface area contributed by atoms with Crippen LogP contribution >= 0.6 is 0 Å². The Morgan fingerprint density at radius 1 is 1.10 bits per heavy atom. The van der Waals surface area contributed by atoms with E-state index in [0.717, 1.165) is 11.4 Å². The van der Waals surface area contributed by atoms with Crippen molar-refractivity contribution in [1.29, 1.82) is 0 Å². The largest absolute Gasteiger partial charge is 0.450 e. The number of anilines is 2. The van der Waals surface area contributed by atoms with Crippen LogP contribution in [0.2, 0.25) is 0 Å². The third-order valence-electron chi connectivity index (χ3n) is 5.15. The molecule has 0 unspecified atom stereocenters. The number of carbonyl (C=O) groups excluding carboxylic acids is 2. The summed E-state index contributed by atoms with van der Waals surface area (Å²) in [6, 6.07) is 7.96. The number of piperidine rings is 1. The van der Waals surface area contributed by atoms with Crippen LogP contribution in [0.4, 0.5) is 16.2 Å². The first-order valence-corrected chi connectivity index (χ1v) is 9.98. The van der Waals surface area contributed by atoms with Crippen molar-refractivity contribution >= 4 is 23.4 Å². The molecule has 2 N–H and O–H groups in total. The highest BCUT2D eigenvalue weighted by molar-refractivity contribution is 5.95. The van der Waals surface area contributed by atoms with Crippen LogP contribution in [0.15, 0.2) is 36.7 Å². The molecule has 1 aromatic heterocycles. The van der Waals surface area contributed by atoms with Crippen molar-refractivity contribution in [3.05, 3.63) is 53.3 Å². The Labute approximate surface area is 171 Å². The summed E-state index contributed by atoms with van der Waals surface area (Å²) >= 11 is 0. The smallest absolute Gasteiger partial charge is 0.409 e. The number of nitrogens with one attached hydrogen (secondary N) is 2. The molecule has 2 amide bonds. The third kappa shape index (κ3) is 5.47. The number of pyridine rings is 1. The fraction of sp³-hybridized carbons (Fsp3) is 0.409. The van der Waals surface area contributed by atoms with Crippen molar-refractivity contribution in [3.63, 3.8) is 0 Å². The molecule has 1 saturated heterocycles. The van der Waals surface area contributed by atoms with E-state index >= 15 is 0 Å². The summed E-state index contributed by atoms with van der Waals surface area (Å²) in [5.41, 5.74) is 4.66. The van der Waals surface area contributed by atoms with Gasteiger partial charge in [-0.15, -0.1) is 0 Å². The van der Waals surface area contributed by atoms with Crippen LogP contribution in [-0.4, -0.2) is 47.6 Å². The number of amides is 2. The molecule has 0 saturated carbocycles. The van der Waals surface area contributed by atoms with E-state index in [1.165, 1.54) is 11.1 Å². The van der Waals surface area contributed by atoms with Crippen LogP contribution in [0, 0.1) is 13.8 Å². The topological polar surface area (TPSA) is 83.6 Å². The Bertz CT molecular complexity index is 876. The van der Waals surface area contributed by atoms with E-state index in [0.29, 0.717) is 38.1 Å². The first-order chi connectivity index (χ1) is 14.0. The highest BCUT2D eigenvalue weighted by atomic mass is 16.6. The van der Waals surface area contributed by atoms with E-state index in [9.17, 15) is 9.59 Å². The van der Waals surface area contributed by atoms with E-state index in [4.69, 9.17) is 4.74 Å². The Morgan fingerprint density at radius 2 is 1.86 bits per heavy atom. The van der Waals surface area contributed by atoms with Gasteiger partial charge in [0.15, 0.2) is 0 Å². The number of rotatable bonds is 5. The van der Waals surface area contributed by atoms with Gasteiger partial charge in [-0.2, -0.15) is 0 Å². The molecule has 3 rings (SSSR count). The first-order valence-electron chi connectivity index (χ1n) is 9.98. The number of hydrogen-bond acceptors (Lipinski definition) is 5. The molecule has 7 nitrogen and oxygen atoms in total. The maximum atomic E-state index is 12.7. The second kappa shape index (κ2) is 9.41. The van der Waals surface area contributed by atoms with Crippen LogP contribution in [0.1, 0.15) is 41.3 Å². The van der Waals surface area contributed by atoms with Gasteiger partial charge in [0.05, 0.1) is 24.1 Å². The molecule has 7 heteroatoms. The fourth-order valence-corrected chi connectivity index (χ4v) is 3.31. The lowest BCUT2D eigenvalue weighted by Gasteiger charge is -2.31. The van der Waals surface area contributed by atoms with Gasteiger partial charge in [0.25, 0.3) is 5.91 Å². The van der Waals surface area contributed by atoms with Crippen LogP contribution in [0.5, 0.6) is 0 Å². The average molecular weight is 396 g/mol. The van der Waals surface area contributed by atoms with Crippen molar-refractivity contribution < 1.29 is 14.3 Å². The summed E-state index contributed by atoms with van der Waals surface area (Å²) in [5, 5.41) is 6.35. The molecule has 29 heavy (non-hydrogen) atoms. The average Bonchev–Trinajstić information content (AvgIpc) is 2.72. The van der Waals surface area contributed by atoms with Crippen molar-refractivity contribution in [1.82, 2.24) is 15.2 Å². The maximum Gasteiger partial charge on any atom is 0.409 e. The molecular weight excluding hydrogens is 368 g/mol. The number of aromatic nitrogens is 1. The standard InChI is InChI=1S/C22H28N4O3/c1-4-29-22(28)26-9-7-18(8-10-26)25-21(27)17-12-20(14-23-13-17)24-19-6-5-15(2)16(3)11-19/h5-6,11-14,18,24H,4,7-10H2,1-3H3,(H,25,27). The van der Waals surface area contributed by atoms with E-state index < -0.39 is 0 Å². The van der Waals surface area contributed by atoms with Crippen molar-refractivity contribution in [2.75, 3.05) is 25.0 Å². The Balaban J connectivity index is 1.57. The molecule has 0 aliphatic carbocycles. The van der Waals surface area contributed by atoms with Gasteiger partial charge in [-0.25, -0.2) is 4.79 Å². The quantitative estimate of drug-likeness (QED) is 0.803. The van der Waals surface area contributed by atoms with Gasteiger partial charge in [0, 0.05) is 31.0 Å². The molecule has 2 aromatic rings. The second-order valence-electron chi connectivity index (χ2n) is 7.32. The summed E-state index contributed by atoms with van der Waals surface area (Å²) in [6.45, 7) is 7.46. The zero-order valence-electron chi connectivity index (χ0n) is 17.2. The van der Waals surface area contributed by atoms with E-state index in [2.05, 4.69) is 41.6 Å². The summed E-state index contributed by atoms with van der Waals surface area (Å²) in [7, 11) is 0. The zero-order chi connectivity index (χ0) is 20.8. The SMILES string of the molecule is CCOC(=O)N1CCC(NC(=O)c2cncc(Nc3ccc(C)c(C)c3)c2)CC1. The second-order valence-corrected chi connectivity index (χ2v) is 7.32. The van der Waals surface area contributed by atoms with E-state index in [1.807, 2.05) is 6.07 Å². The molecule has 2 heterocycles. The van der Waals surface area contributed by atoms with Crippen molar-refractivity contribution in [2.45, 2.75) is 39.7 Å². The van der Waals surface area contributed by atoms with Gasteiger partial charge in [-0.05, 0) is 62.9 Å². The van der Waals surface area contributed by atoms with E-state index in [-0.39, 0.29) is 18.0 Å². The minimum atomic E-state index is -0.286. The monoisotopic (exact) mass is 396 g/mol. The number of ether oxygens (including phenoxy) is 1. The Kier molecular flexibility index (Phi) is 6.69. The summed E-state index contributed by atoms with van der Waals surface area (Å²) in [6.07, 6.45) is 4.39. The minimum Gasteiger partial charge on any atom is -0.450 e. The minimum absolute atomic E-state index is 0.0320. The third-order valence-corrected chi connectivity index (χ3v) is 5.15. The molecule has 0 bridgehead atoms. The van der Waals surface area contributed by atoms with Crippen LogP contribution in [-0.2, 0) is 4.74 Å². The highest BCUT2D eigenvalue weighted by Gasteiger charge is 2.24. The Hall–Kier alpha value is -3.09. The van der Waals surface area contributed by atoms with Gasteiger partial charge in [-0.3, -0.25) is 9.78 Å². The maximum absolute atomic E-state index is 12.7. The molecular formula is C22H28N4O3. The molecule has 1 fully saturated rings. The zero-order valence-corrected chi connectivity index (χ0v) is 17.2. The lowest BCUT2D eigenvalue weighted by atomic mass is 10.0. The lowest BCUT2D eigenvalue weighted by Crippen LogP contribution is -2.46. The van der Waals surface area contributed by atoms with E-state index in [1.54, 1.807) is 30.3 Å². The van der Waals surface area contributed by atoms with Crippen LogP contribution < -0.4 is 10.6 Å². The van der Waals surface area contributed by atoms with Gasteiger partial charge in [0.1, 0.15) is 0 Å². The van der Waals surface area contributed by atoms with Gasteiger partial charge < -0.3 is 20.3 Å². The van der Waals surface area contributed by atoms with Crippen molar-refractivity contribution in [3.8, 4) is 0 Å². The molecule has 1 aliphatic rings. The summed E-state index contributed by atoms with van der Waals surface area (Å²) < 4.78 is 5.03. The van der Waals surface area contributed by atoms with Crippen LogP contribution in [0.3, 0.4) is 0 Å². The number of aryl methyl sites for hydroxylation is 2. The number of likely N-dealkylation sites (tertiary alicyclic amines) is 1. The van der Waals surface area contributed by atoms with Crippen molar-refractivity contribution in [2.24, 2.45) is 0 Å². The first kappa shape index (κ1) is 20.6. The lowest BCUT2D eigenvalue weighted by molar-refractivity contribution is 0.0860. The molecule has 0 atom stereocenters. The normalized spacial score (nSPS) is 14.4. The Morgan fingerprint density at radius 3 is 2.55 bits per heavy atom. The summed E-state index contributed by atoms with van der Waals surface area (Å²) in [5.74, 6) is -0.157. The molecule has 0 spiro atoms. The summed E-state index contributed by atoms with van der Waals surface area (Å²) in [4.78, 5) is 30.3. The van der Waals surface area contributed by atoms with Gasteiger partial charge in [0.2, 0.25) is 0 Å². The van der Waals surface area contributed by atoms with Crippen LogP contribution in [0.25, 0.3) is 0 Å². The number of carbonyl (C=O) groups is 2. The highest BCUT2D eigenvalue weighted by Crippen LogP contribution is 2.20. The molecule has 1 aromatic carbocycles. The molecule has 154 valence electrons. The fourth-order valence-electron chi connectivity index (χ4n) is 3.31. The van der Waals surface area contributed by atoms with Gasteiger partial charge in [-0.1, -0.05) is 6.07 Å². The number of benzene rings is 1. The predicted octanol–water partition coefficient (Wildman–Crippen LogP) is 3.79. The van der Waals surface area contributed by atoms with Gasteiger partial charge >= 0.3 is 6.09 Å².